The zero-order chi connectivity index (χ0) is 16.0. The van der Waals surface area contributed by atoms with Crippen LogP contribution < -0.4 is 4.90 Å². The van der Waals surface area contributed by atoms with E-state index in [4.69, 9.17) is 4.98 Å². The van der Waals surface area contributed by atoms with E-state index in [0.717, 1.165) is 38.7 Å². The van der Waals surface area contributed by atoms with Crippen LogP contribution >= 0.6 is 15.9 Å². The maximum atomic E-state index is 12.8. The molecule has 3 aromatic rings. The minimum Gasteiger partial charge on any atom is -0.292 e. The van der Waals surface area contributed by atoms with Crippen LogP contribution in [0.2, 0.25) is 0 Å². The first-order chi connectivity index (χ1) is 11.1. The minimum atomic E-state index is 0.00508. The van der Waals surface area contributed by atoms with Crippen molar-refractivity contribution in [2.45, 2.75) is 13.3 Å². The summed E-state index contributed by atoms with van der Waals surface area (Å²) in [5.41, 5.74) is 3.93. The SMILES string of the molecule is Cc1cccc2cc3c(nc12)N(C(=O)c1cccc(Br)c1)CC3. The number of anilines is 1. The third-order valence-corrected chi connectivity index (χ3v) is 4.77. The molecule has 0 bridgehead atoms. The molecule has 2 aromatic carbocycles. The number of hydrogen-bond donors (Lipinski definition) is 0. The highest BCUT2D eigenvalue weighted by atomic mass is 79.9. The molecule has 0 atom stereocenters. The van der Waals surface area contributed by atoms with E-state index in [9.17, 15) is 4.79 Å². The summed E-state index contributed by atoms with van der Waals surface area (Å²) in [6.45, 7) is 2.74. The Morgan fingerprint density at radius 3 is 2.83 bits per heavy atom. The van der Waals surface area contributed by atoms with Crippen molar-refractivity contribution in [3.63, 3.8) is 0 Å². The van der Waals surface area contributed by atoms with E-state index in [1.54, 1.807) is 4.90 Å². The Bertz CT molecular complexity index is 936. The molecule has 0 fully saturated rings. The molecule has 1 aliphatic heterocycles. The lowest BCUT2D eigenvalue weighted by Gasteiger charge is -2.17. The number of aromatic nitrogens is 1. The van der Waals surface area contributed by atoms with Crippen molar-refractivity contribution >= 4 is 38.6 Å². The van der Waals surface area contributed by atoms with Gasteiger partial charge in [0, 0.05) is 22.0 Å². The van der Waals surface area contributed by atoms with Crippen molar-refractivity contribution in [2.75, 3.05) is 11.4 Å². The van der Waals surface area contributed by atoms with Gasteiger partial charge in [-0.1, -0.05) is 40.2 Å². The Kier molecular flexibility index (Phi) is 3.42. The first-order valence-electron chi connectivity index (χ1n) is 7.60. The molecule has 4 heteroatoms. The second kappa shape index (κ2) is 5.46. The van der Waals surface area contributed by atoms with E-state index in [1.165, 1.54) is 0 Å². The average molecular weight is 367 g/mol. The van der Waals surface area contributed by atoms with Crippen LogP contribution in [0.1, 0.15) is 21.5 Å². The van der Waals surface area contributed by atoms with E-state index >= 15 is 0 Å². The molecule has 0 unspecified atom stereocenters. The number of rotatable bonds is 1. The van der Waals surface area contributed by atoms with Crippen LogP contribution in [0.4, 0.5) is 5.82 Å². The Labute approximate surface area is 143 Å². The van der Waals surface area contributed by atoms with Crippen LogP contribution in [-0.2, 0) is 6.42 Å². The molecule has 1 aromatic heterocycles. The monoisotopic (exact) mass is 366 g/mol. The summed E-state index contributed by atoms with van der Waals surface area (Å²) in [4.78, 5) is 19.4. The number of halogens is 1. The molecule has 0 radical (unpaired) electrons. The summed E-state index contributed by atoms with van der Waals surface area (Å²) in [6, 6.07) is 15.8. The Balaban J connectivity index is 1.80. The molecular formula is C19H15BrN2O. The highest BCUT2D eigenvalue weighted by Gasteiger charge is 2.27. The number of nitrogens with zero attached hydrogens (tertiary/aromatic N) is 2. The van der Waals surface area contributed by atoms with Gasteiger partial charge < -0.3 is 0 Å². The second-order valence-corrected chi connectivity index (χ2v) is 6.75. The summed E-state index contributed by atoms with van der Waals surface area (Å²) in [7, 11) is 0. The van der Waals surface area contributed by atoms with Gasteiger partial charge in [0.05, 0.1) is 5.52 Å². The maximum absolute atomic E-state index is 12.8. The molecule has 1 amide bonds. The first-order valence-corrected chi connectivity index (χ1v) is 8.39. The summed E-state index contributed by atoms with van der Waals surface area (Å²) in [6.07, 6.45) is 0.853. The number of hydrogen-bond acceptors (Lipinski definition) is 2. The Hall–Kier alpha value is -2.20. The number of fused-ring (bicyclic) bond motifs is 2. The van der Waals surface area contributed by atoms with Gasteiger partial charge in [-0.3, -0.25) is 9.69 Å². The van der Waals surface area contributed by atoms with Gasteiger partial charge in [-0.05, 0) is 48.7 Å². The third kappa shape index (κ3) is 2.43. The van der Waals surface area contributed by atoms with Crippen molar-refractivity contribution in [3.05, 3.63) is 69.7 Å². The van der Waals surface area contributed by atoms with E-state index < -0.39 is 0 Å². The van der Waals surface area contributed by atoms with Gasteiger partial charge in [0.15, 0.2) is 0 Å². The fraction of sp³-hybridized carbons (Fsp3) is 0.158. The van der Waals surface area contributed by atoms with Crippen LogP contribution in [0.3, 0.4) is 0 Å². The maximum Gasteiger partial charge on any atom is 0.259 e. The number of aryl methyl sites for hydroxylation is 1. The summed E-state index contributed by atoms with van der Waals surface area (Å²) in [5, 5.41) is 1.14. The van der Waals surface area contributed by atoms with Crippen molar-refractivity contribution in [1.82, 2.24) is 4.98 Å². The fourth-order valence-corrected chi connectivity index (χ4v) is 3.51. The zero-order valence-corrected chi connectivity index (χ0v) is 14.3. The molecule has 2 heterocycles. The Morgan fingerprint density at radius 1 is 1.17 bits per heavy atom. The van der Waals surface area contributed by atoms with E-state index in [-0.39, 0.29) is 5.91 Å². The predicted molar refractivity (Wildman–Crippen MR) is 96.0 cm³/mol. The highest BCUT2D eigenvalue weighted by Crippen LogP contribution is 2.31. The van der Waals surface area contributed by atoms with Crippen LogP contribution in [-0.4, -0.2) is 17.4 Å². The van der Waals surface area contributed by atoms with Crippen molar-refractivity contribution < 1.29 is 4.79 Å². The summed E-state index contributed by atoms with van der Waals surface area (Å²) < 4.78 is 0.907. The number of para-hydroxylation sites is 1. The number of amides is 1. The van der Waals surface area contributed by atoms with Gasteiger partial charge in [-0.15, -0.1) is 0 Å². The molecule has 23 heavy (non-hydrogen) atoms. The average Bonchev–Trinajstić information content (AvgIpc) is 2.96. The van der Waals surface area contributed by atoms with E-state index in [0.29, 0.717) is 12.1 Å². The van der Waals surface area contributed by atoms with Crippen LogP contribution in [0.15, 0.2) is 53.0 Å². The molecular weight excluding hydrogens is 352 g/mol. The summed E-state index contributed by atoms with van der Waals surface area (Å²) in [5.74, 6) is 0.808. The predicted octanol–water partition coefficient (Wildman–Crippen LogP) is 4.51. The van der Waals surface area contributed by atoms with Gasteiger partial charge in [0.1, 0.15) is 5.82 Å². The molecule has 0 N–H and O–H groups in total. The molecule has 3 nitrogen and oxygen atoms in total. The molecule has 1 aliphatic rings. The van der Waals surface area contributed by atoms with Gasteiger partial charge in [-0.25, -0.2) is 4.98 Å². The molecule has 0 aliphatic carbocycles. The molecule has 114 valence electrons. The standard InChI is InChI=1S/C19H15BrN2O/c1-12-4-2-5-13-10-14-8-9-22(18(14)21-17(12)13)19(23)15-6-3-7-16(20)11-15/h2-7,10-11H,8-9H2,1H3. The van der Waals surface area contributed by atoms with Crippen molar-refractivity contribution in [2.24, 2.45) is 0 Å². The third-order valence-electron chi connectivity index (χ3n) is 4.28. The molecule has 0 saturated heterocycles. The van der Waals surface area contributed by atoms with E-state index in [2.05, 4.69) is 41.1 Å². The second-order valence-electron chi connectivity index (χ2n) is 5.83. The minimum absolute atomic E-state index is 0.00508. The quantitative estimate of drug-likeness (QED) is 0.634. The fourth-order valence-electron chi connectivity index (χ4n) is 3.11. The summed E-state index contributed by atoms with van der Waals surface area (Å²) >= 11 is 3.43. The van der Waals surface area contributed by atoms with Crippen molar-refractivity contribution in [1.29, 1.82) is 0 Å². The highest BCUT2D eigenvalue weighted by molar-refractivity contribution is 9.10. The Morgan fingerprint density at radius 2 is 2.00 bits per heavy atom. The lowest BCUT2D eigenvalue weighted by molar-refractivity contribution is 0.0988. The van der Waals surface area contributed by atoms with Crippen molar-refractivity contribution in [3.8, 4) is 0 Å². The number of carbonyl (C=O) groups is 1. The van der Waals surface area contributed by atoms with Gasteiger partial charge >= 0.3 is 0 Å². The van der Waals surface area contributed by atoms with Crippen LogP contribution in [0.5, 0.6) is 0 Å². The smallest absolute Gasteiger partial charge is 0.259 e. The van der Waals surface area contributed by atoms with Gasteiger partial charge in [-0.2, -0.15) is 0 Å². The lowest BCUT2D eigenvalue weighted by Crippen LogP contribution is -2.29. The van der Waals surface area contributed by atoms with E-state index in [1.807, 2.05) is 30.3 Å². The molecule has 0 saturated carbocycles. The number of carbonyl (C=O) groups excluding carboxylic acids is 1. The van der Waals surface area contributed by atoms with Gasteiger partial charge in [0.2, 0.25) is 0 Å². The topological polar surface area (TPSA) is 33.2 Å². The number of pyridine rings is 1. The lowest BCUT2D eigenvalue weighted by atomic mass is 10.1. The first kappa shape index (κ1) is 14.4. The van der Waals surface area contributed by atoms with Gasteiger partial charge in [0.25, 0.3) is 5.91 Å². The largest absolute Gasteiger partial charge is 0.292 e. The zero-order valence-electron chi connectivity index (χ0n) is 12.7. The number of benzene rings is 2. The van der Waals surface area contributed by atoms with Crippen LogP contribution in [0.25, 0.3) is 10.9 Å². The molecule has 4 rings (SSSR count). The normalized spacial score (nSPS) is 13.4. The van der Waals surface area contributed by atoms with Crippen LogP contribution in [0, 0.1) is 6.92 Å². The molecule has 0 spiro atoms.